The average molecular weight is 181 g/mol. The van der Waals surface area contributed by atoms with E-state index in [1.807, 2.05) is 12.1 Å². The first-order chi connectivity index (χ1) is 6.33. The molecule has 0 unspecified atom stereocenters. The second-order valence-electron chi connectivity index (χ2n) is 2.71. The largest absolute Gasteiger partial charge is 0.467 e. The predicted octanol–water partition coefficient (Wildman–Crippen LogP) is 1.09. The summed E-state index contributed by atoms with van der Waals surface area (Å²) >= 11 is 0. The Bertz CT molecular complexity index is 254. The summed E-state index contributed by atoms with van der Waals surface area (Å²) in [5.74, 6) is 1.29. The third-order valence-electron chi connectivity index (χ3n) is 1.54. The quantitative estimate of drug-likeness (QED) is 0.540. The zero-order valence-electron chi connectivity index (χ0n) is 7.79. The fraction of sp³-hybridized carbons (Fsp3) is 0.444. The summed E-state index contributed by atoms with van der Waals surface area (Å²) in [6.45, 7) is 3.43. The van der Waals surface area contributed by atoms with Gasteiger partial charge in [0.25, 0.3) is 0 Å². The lowest BCUT2D eigenvalue weighted by molar-refractivity contribution is 0.512. The number of rotatable bonds is 4. The van der Waals surface area contributed by atoms with Crippen molar-refractivity contribution >= 4 is 5.96 Å². The van der Waals surface area contributed by atoms with Crippen LogP contribution in [0.3, 0.4) is 0 Å². The highest BCUT2D eigenvalue weighted by Crippen LogP contribution is 2.00. The molecule has 1 aromatic heterocycles. The first kappa shape index (κ1) is 9.64. The van der Waals surface area contributed by atoms with Gasteiger partial charge in [0.2, 0.25) is 0 Å². The summed E-state index contributed by atoms with van der Waals surface area (Å²) < 4.78 is 5.10. The molecule has 0 fully saturated rings. The van der Waals surface area contributed by atoms with Gasteiger partial charge in [0.1, 0.15) is 12.3 Å². The minimum atomic E-state index is 0.471. The van der Waals surface area contributed by atoms with Crippen molar-refractivity contribution in [2.24, 2.45) is 10.7 Å². The number of furan rings is 1. The van der Waals surface area contributed by atoms with E-state index in [0.717, 1.165) is 18.7 Å². The van der Waals surface area contributed by atoms with Gasteiger partial charge in [-0.3, -0.25) is 0 Å². The van der Waals surface area contributed by atoms with Crippen molar-refractivity contribution < 1.29 is 4.42 Å². The summed E-state index contributed by atoms with van der Waals surface area (Å²) in [6, 6.07) is 3.71. The molecule has 0 saturated carbocycles. The van der Waals surface area contributed by atoms with E-state index in [4.69, 9.17) is 10.2 Å². The number of nitrogens with one attached hydrogen (secondary N) is 1. The molecule has 0 spiro atoms. The minimum absolute atomic E-state index is 0.471. The van der Waals surface area contributed by atoms with E-state index in [2.05, 4.69) is 17.2 Å². The topological polar surface area (TPSA) is 63.5 Å². The predicted molar refractivity (Wildman–Crippen MR) is 52.3 cm³/mol. The maximum atomic E-state index is 5.57. The second-order valence-corrected chi connectivity index (χ2v) is 2.71. The van der Waals surface area contributed by atoms with Crippen LogP contribution in [-0.2, 0) is 6.54 Å². The number of hydrogen-bond acceptors (Lipinski definition) is 2. The maximum absolute atomic E-state index is 5.57. The number of nitrogens with zero attached hydrogens (tertiary/aromatic N) is 1. The molecule has 0 aliphatic rings. The Morgan fingerprint density at radius 2 is 2.54 bits per heavy atom. The Morgan fingerprint density at radius 1 is 1.69 bits per heavy atom. The molecule has 0 bridgehead atoms. The van der Waals surface area contributed by atoms with Crippen molar-refractivity contribution in [3.63, 3.8) is 0 Å². The summed E-state index contributed by atoms with van der Waals surface area (Å²) in [7, 11) is 0. The van der Waals surface area contributed by atoms with Crippen LogP contribution in [0.15, 0.2) is 27.8 Å². The summed E-state index contributed by atoms with van der Waals surface area (Å²) in [5.41, 5.74) is 5.57. The SMILES string of the molecule is CCCNC(N)=NCc1ccco1. The lowest BCUT2D eigenvalue weighted by atomic mass is 10.4. The first-order valence-electron chi connectivity index (χ1n) is 4.39. The Labute approximate surface area is 77.8 Å². The molecule has 4 nitrogen and oxygen atoms in total. The van der Waals surface area contributed by atoms with E-state index in [9.17, 15) is 0 Å². The number of nitrogens with two attached hydrogens (primary N) is 1. The summed E-state index contributed by atoms with van der Waals surface area (Å²) in [6.07, 6.45) is 2.66. The van der Waals surface area contributed by atoms with Crippen molar-refractivity contribution in [2.45, 2.75) is 19.9 Å². The summed E-state index contributed by atoms with van der Waals surface area (Å²) in [4.78, 5) is 4.09. The zero-order chi connectivity index (χ0) is 9.52. The van der Waals surface area contributed by atoms with Crippen LogP contribution < -0.4 is 11.1 Å². The molecule has 0 amide bonds. The minimum Gasteiger partial charge on any atom is -0.467 e. The van der Waals surface area contributed by atoms with Crippen LogP contribution >= 0.6 is 0 Å². The van der Waals surface area contributed by atoms with E-state index < -0.39 is 0 Å². The molecule has 13 heavy (non-hydrogen) atoms. The lowest BCUT2D eigenvalue weighted by Gasteiger charge is -2.01. The Kier molecular flexibility index (Phi) is 3.88. The smallest absolute Gasteiger partial charge is 0.189 e. The highest BCUT2D eigenvalue weighted by atomic mass is 16.3. The summed E-state index contributed by atoms with van der Waals surface area (Å²) in [5, 5.41) is 2.98. The average Bonchev–Trinajstić information content (AvgIpc) is 2.64. The van der Waals surface area contributed by atoms with Crippen molar-refractivity contribution in [2.75, 3.05) is 6.54 Å². The zero-order valence-corrected chi connectivity index (χ0v) is 7.79. The maximum Gasteiger partial charge on any atom is 0.189 e. The highest BCUT2D eigenvalue weighted by molar-refractivity contribution is 5.77. The Hall–Kier alpha value is -1.45. The molecule has 3 N–H and O–H groups in total. The Balaban J connectivity index is 2.30. The van der Waals surface area contributed by atoms with Gasteiger partial charge in [0, 0.05) is 6.54 Å². The molecule has 0 radical (unpaired) electrons. The van der Waals surface area contributed by atoms with Gasteiger partial charge in [0.15, 0.2) is 5.96 Å². The molecule has 1 rings (SSSR count). The molecule has 4 heteroatoms. The van der Waals surface area contributed by atoms with Crippen LogP contribution in [0.2, 0.25) is 0 Å². The van der Waals surface area contributed by atoms with E-state index in [1.165, 1.54) is 0 Å². The molecule has 1 heterocycles. The number of aliphatic imine (C=N–C) groups is 1. The fourth-order valence-electron chi connectivity index (χ4n) is 0.875. The van der Waals surface area contributed by atoms with Crippen LogP contribution in [0.4, 0.5) is 0 Å². The molecular formula is C9H15N3O. The van der Waals surface area contributed by atoms with Crippen molar-refractivity contribution in [1.82, 2.24) is 5.32 Å². The van der Waals surface area contributed by atoms with Gasteiger partial charge in [-0.05, 0) is 18.6 Å². The van der Waals surface area contributed by atoms with E-state index in [0.29, 0.717) is 12.5 Å². The number of guanidine groups is 1. The monoisotopic (exact) mass is 181 g/mol. The fourth-order valence-corrected chi connectivity index (χ4v) is 0.875. The van der Waals surface area contributed by atoms with Gasteiger partial charge in [-0.1, -0.05) is 6.92 Å². The van der Waals surface area contributed by atoms with Crippen LogP contribution in [0.25, 0.3) is 0 Å². The second kappa shape index (κ2) is 5.24. The molecule has 1 aromatic rings. The molecular weight excluding hydrogens is 166 g/mol. The molecule has 0 aromatic carbocycles. The molecule has 0 aliphatic carbocycles. The van der Waals surface area contributed by atoms with Gasteiger partial charge < -0.3 is 15.5 Å². The third-order valence-corrected chi connectivity index (χ3v) is 1.54. The van der Waals surface area contributed by atoms with Crippen molar-refractivity contribution in [3.8, 4) is 0 Å². The Morgan fingerprint density at radius 3 is 3.15 bits per heavy atom. The normalized spacial score (nSPS) is 11.6. The molecule has 0 atom stereocenters. The van der Waals surface area contributed by atoms with Crippen LogP contribution in [0, 0.1) is 0 Å². The van der Waals surface area contributed by atoms with Crippen molar-refractivity contribution in [3.05, 3.63) is 24.2 Å². The van der Waals surface area contributed by atoms with Crippen molar-refractivity contribution in [1.29, 1.82) is 0 Å². The standard InChI is InChI=1S/C9H15N3O/c1-2-5-11-9(10)12-7-8-4-3-6-13-8/h3-4,6H,2,5,7H2,1H3,(H3,10,11,12). The van der Waals surface area contributed by atoms with Gasteiger partial charge in [-0.2, -0.15) is 0 Å². The third kappa shape index (κ3) is 3.64. The van der Waals surface area contributed by atoms with Gasteiger partial charge in [-0.25, -0.2) is 4.99 Å². The lowest BCUT2D eigenvalue weighted by Crippen LogP contribution is -2.32. The van der Waals surface area contributed by atoms with Gasteiger partial charge in [0.05, 0.1) is 6.26 Å². The number of hydrogen-bond donors (Lipinski definition) is 2. The van der Waals surface area contributed by atoms with E-state index >= 15 is 0 Å². The van der Waals surface area contributed by atoms with Crippen LogP contribution in [0.1, 0.15) is 19.1 Å². The van der Waals surface area contributed by atoms with Crippen LogP contribution in [0.5, 0.6) is 0 Å². The van der Waals surface area contributed by atoms with E-state index in [-0.39, 0.29) is 0 Å². The van der Waals surface area contributed by atoms with Gasteiger partial charge in [-0.15, -0.1) is 0 Å². The van der Waals surface area contributed by atoms with Gasteiger partial charge >= 0.3 is 0 Å². The highest BCUT2D eigenvalue weighted by Gasteiger charge is 1.93. The van der Waals surface area contributed by atoms with Crippen LogP contribution in [-0.4, -0.2) is 12.5 Å². The first-order valence-corrected chi connectivity index (χ1v) is 4.39. The molecule has 72 valence electrons. The molecule has 0 aliphatic heterocycles. The van der Waals surface area contributed by atoms with E-state index in [1.54, 1.807) is 6.26 Å². The molecule has 0 saturated heterocycles.